The highest BCUT2D eigenvalue weighted by atomic mass is 35.5. The molecule has 5 nitrogen and oxygen atoms in total. The van der Waals surface area contributed by atoms with Gasteiger partial charge in [-0.3, -0.25) is 9.69 Å². The molecule has 1 aromatic rings. The van der Waals surface area contributed by atoms with Crippen LogP contribution in [0.15, 0.2) is 30.0 Å². The molecule has 0 spiro atoms. The van der Waals surface area contributed by atoms with E-state index < -0.39 is 0 Å². The Morgan fingerprint density at radius 2 is 2.25 bits per heavy atom. The summed E-state index contributed by atoms with van der Waals surface area (Å²) in [6.45, 7) is 3.46. The predicted octanol–water partition coefficient (Wildman–Crippen LogP) is 2.35. The number of hydrogen-bond acceptors (Lipinski definition) is 4. The highest BCUT2D eigenvalue weighted by Gasteiger charge is 2.31. The largest absolute Gasteiger partial charge is 0.395 e. The minimum atomic E-state index is 0.0316. The average Bonchev–Trinajstić information content (AvgIpc) is 2.62. The molecule has 2 aliphatic rings. The van der Waals surface area contributed by atoms with Gasteiger partial charge in [-0.25, -0.2) is 4.98 Å². The van der Waals surface area contributed by atoms with Crippen LogP contribution in [0, 0.1) is 0 Å². The van der Waals surface area contributed by atoms with E-state index in [4.69, 9.17) is 11.6 Å². The van der Waals surface area contributed by atoms with Crippen molar-refractivity contribution in [2.45, 2.75) is 31.7 Å². The van der Waals surface area contributed by atoms with E-state index in [1.54, 1.807) is 18.3 Å². The molecular weight excluding hydrogens is 326 g/mol. The van der Waals surface area contributed by atoms with Crippen LogP contribution >= 0.6 is 11.6 Å². The SMILES string of the molecule is O=C(c1ccnc(Cl)c1)N1CCCC[C@@H]1C1=CCCN(CCO)C1. The fourth-order valence-corrected chi connectivity index (χ4v) is 3.84. The monoisotopic (exact) mass is 349 g/mol. The number of hydrogen-bond donors (Lipinski definition) is 1. The van der Waals surface area contributed by atoms with E-state index >= 15 is 0 Å². The molecule has 3 heterocycles. The maximum Gasteiger partial charge on any atom is 0.254 e. The molecule has 2 aliphatic heterocycles. The standard InChI is InChI=1S/C18H24ClN3O2/c19-17-12-14(6-7-20-17)18(24)22-9-2-1-5-16(22)15-4-3-8-21(13-15)10-11-23/h4,6-7,12,16,23H,1-3,5,8-11,13H2/t16-/m1/s1. The van der Waals surface area contributed by atoms with Gasteiger partial charge in [0.1, 0.15) is 5.15 Å². The fraction of sp³-hybridized carbons (Fsp3) is 0.556. The van der Waals surface area contributed by atoms with Gasteiger partial charge < -0.3 is 10.0 Å². The number of nitrogens with zero attached hydrogens (tertiary/aromatic N) is 3. The Kier molecular flexibility index (Phi) is 5.87. The van der Waals surface area contributed by atoms with E-state index in [1.165, 1.54) is 5.57 Å². The third kappa shape index (κ3) is 3.97. The second-order valence-electron chi connectivity index (χ2n) is 6.44. The van der Waals surface area contributed by atoms with Gasteiger partial charge in [-0.05, 0) is 43.4 Å². The highest BCUT2D eigenvalue weighted by Crippen LogP contribution is 2.27. The average molecular weight is 350 g/mol. The molecule has 1 atom stereocenters. The predicted molar refractivity (Wildman–Crippen MR) is 94.1 cm³/mol. The summed E-state index contributed by atoms with van der Waals surface area (Å²) in [6, 6.07) is 3.52. The van der Waals surface area contributed by atoms with Crippen LogP contribution in [-0.4, -0.2) is 64.6 Å². The second-order valence-corrected chi connectivity index (χ2v) is 6.83. The van der Waals surface area contributed by atoms with Crippen LogP contribution < -0.4 is 0 Å². The maximum atomic E-state index is 13.0. The van der Waals surface area contributed by atoms with Gasteiger partial charge in [-0.15, -0.1) is 0 Å². The van der Waals surface area contributed by atoms with Gasteiger partial charge >= 0.3 is 0 Å². The summed E-state index contributed by atoms with van der Waals surface area (Å²) in [7, 11) is 0. The van der Waals surface area contributed by atoms with E-state index in [0.717, 1.165) is 45.3 Å². The number of likely N-dealkylation sites (tertiary alicyclic amines) is 1. The Bertz CT molecular complexity index is 620. The molecule has 1 aromatic heterocycles. The van der Waals surface area contributed by atoms with Crippen molar-refractivity contribution >= 4 is 17.5 Å². The summed E-state index contributed by atoms with van der Waals surface area (Å²) >= 11 is 5.94. The zero-order chi connectivity index (χ0) is 16.9. The number of halogens is 1. The first-order chi connectivity index (χ1) is 11.7. The number of rotatable bonds is 4. The van der Waals surface area contributed by atoms with Crippen molar-refractivity contribution in [3.63, 3.8) is 0 Å². The van der Waals surface area contributed by atoms with Gasteiger partial charge in [0.25, 0.3) is 5.91 Å². The number of aliphatic hydroxyl groups is 1. The van der Waals surface area contributed by atoms with Gasteiger partial charge in [0.05, 0.1) is 12.6 Å². The molecule has 3 rings (SSSR count). The number of piperidine rings is 1. The molecule has 0 aliphatic carbocycles. The van der Waals surface area contributed by atoms with Crippen LogP contribution in [0.4, 0.5) is 0 Å². The maximum absolute atomic E-state index is 13.0. The Labute approximate surface area is 147 Å². The third-order valence-corrected chi connectivity index (χ3v) is 5.05. The van der Waals surface area contributed by atoms with E-state index in [9.17, 15) is 9.90 Å². The minimum Gasteiger partial charge on any atom is -0.395 e. The van der Waals surface area contributed by atoms with Crippen LogP contribution in [0.2, 0.25) is 5.15 Å². The molecule has 0 saturated carbocycles. The van der Waals surface area contributed by atoms with Crippen molar-refractivity contribution in [3.05, 3.63) is 40.7 Å². The van der Waals surface area contributed by atoms with Crippen molar-refractivity contribution in [2.24, 2.45) is 0 Å². The lowest BCUT2D eigenvalue weighted by Gasteiger charge is -2.40. The lowest BCUT2D eigenvalue weighted by atomic mass is 9.91. The quantitative estimate of drug-likeness (QED) is 0.669. The molecule has 0 bridgehead atoms. The molecule has 1 saturated heterocycles. The van der Waals surface area contributed by atoms with E-state index in [2.05, 4.69) is 16.0 Å². The fourth-order valence-electron chi connectivity index (χ4n) is 3.67. The first-order valence-corrected chi connectivity index (χ1v) is 9.01. The van der Waals surface area contributed by atoms with Crippen molar-refractivity contribution in [1.82, 2.24) is 14.8 Å². The number of carbonyl (C=O) groups excluding carboxylic acids is 1. The van der Waals surface area contributed by atoms with Crippen LogP contribution in [0.5, 0.6) is 0 Å². The summed E-state index contributed by atoms with van der Waals surface area (Å²) in [5.41, 5.74) is 1.91. The van der Waals surface area contributed by atoms with Gasteiger partial charge in [0.2, 0.25) is 0 Å². The number of aliphatic hydroxyl groups excluding tert-OH is 1. The van der Waals surface area contributed by atoms with Gasteiger partial charge in [0.15, 0.2) is 0 Å². The lowest BCUT2D eigenvalue weighted by molar-refractivity contribution is 0.0638. The minimum absolute atomic E-state index is 0.0316. The lowest BCUT2D eigenvalue weighted by Crippen LogP contribution is -2.47. The number of β-amino-alcohol motifs (C(OH)–C–C–N with tert-alkyl or cyclic N) is 1. The summed E-state index contributed by atoms with van der Waals surface area (Å²) in [5.74, 6) is 0.0316. The summed E-state index contributed by atoms with van der Waals surface area (Å²) in [6.07, 6.45) is 8.02. The smallest absolute Gasteiger partial charge is 0.254 e. The molecule has 0 aromatic carbocycles. The molecule has 130 valence electrons. The number of carbonyl (C=O) groups is 1. The summed E-state index contributed by atoms with van der Waals surface area (Å²) in [5, 5.41) is 9.53. The molecule has 0 radical (unpaired) electrons. The van der Waals surface area contributed by atoms with Gasteiger partial charge in [-0.1, -0.05) is 17.7 Å². The topological polar surface area (TPSA) is 56.7 Å². The number of amides is 1. The molecule has 24 heavy (non-hydrogen) atoms. The molecule has 0 unspecified atom stereocenters. The van der Waals surface area contributed by atoms with E-state index in [1.807, 2.05) is 4.90 Å². The van der Waals surface area contributed by atoms with Crippen LogP contribution in [0.1, 0.15) is 36.0 Å². The van der Waals surface area contributed by atoms with Crippen molar-refractivity contribution in [2.75, 3.05) is 32.8 Å². The third-order valence-electron chi connectivity index (χ3n) is 4.84. The van der Waals surface area contributed by atoms with Crippen LogP contribution in [0.3, 0.4) is 0 Å². The van der Waals surface area contributed by atoms with Crippen molar-refractivity contribution in [3.8, 4) is 0 Å². The first kappa shape index (κ1) is 17.4. The normalized spacial score (nSPS) is 22.3. The zero-order valence-corrected chi connectivity index (χ0v) is 14.6. The molecular formula is C18H24ClN3O2. The molecule has 6 heteroatoms. The van der Waals surface area contributed by atoms with Gasteiger partial charge in [0, 0.05) is 37.9 Å². The van der Waals surface area contributed by atoms with E-state index in [0.29, 0.717) is 17.3 Å². The second kappa shape index (κ2) is 8.10. The first-order valence-electron chi connectivity index (χ1n) is 8.63. The number of pyridine rings is 1. The van der Waals surface area contributed by atoms with Crippen LogP contribution in [-0.2, 0) is 0 Å². The van der Waals surface area contributed by atoms with Crippen molar-refractivity contribution < 1.29 is 9.90 Å². The van der Waals surface area contributed by atoms with Gasteiger partial charge in [-0.2, -0.15) is 0 Å². The summed E-state index contributed by atoms with van der Waals surface area (Å²) < 4.78 is 0. The summed E-state index contributed by atoms with van der Waals surface area (Å²) in [4.78, 5) is 21.2. The highest BCUT2D eigenvalue weighted by molar-refractivity contribution is 6.29. The molecule has 1 N–H and O–H groups in total. The van der Waals surface area contributed by atoms with E-state index in [-0.39, 0.29) is 18.6 Å². The Balaban J connectivity index is 1.78. The Hall–Kier alpha value is -1.43. The Morgan fingerprint density at radius 1 is 1.38 bits per heavy atom. The zero-order valence-electron chi connectivity index (χ0n) is 13.8. The molecule has 1 amide bonds. The van der Waals surface area contributed by atoms with Crippen LogP contribution in [0.25, 0.3) is 0 Å². The Morgan fingerprint density at radius 3 is 3.04 bits per heavy atom. The van der Waals surface area contributed by atoms with Crippen molar-refractivity contribution in [1.29, 1.82) is 0 Å². The number of aromatic nitrogens is 1. The molecule has 1 fully saturated rings.